The first-order valence-electron chi connectivity index (χ1n) is 5.83. The first-order chi connectivity index (χ1) is 7.97. The lowest BCUT2D eigenvalue weighted by Gasteiger charge is -2.27. The summed E-state index contributed by atoms with van der Waals surface area (Å²) in [6.07, 6.45) is -0.579. The van der Waals surface area contributed by atoms with Gasteiger partial charge in [0.2, 0.25) is 0 Å². The Morgan fingerprint density at radius 1 is 1.24 bits per heavy atom. The van der Waals surface area contributed by atoms with Crippen molar-refractivity contribution in [2.75, 3.05) is 6.54 Å². The van der Waals surface area contributed by atoms with Gasteiger partial charge in [-0.25, -0.2) is 0 Å². The van der Waals surface area contributed by atoms with E-state index < -0.39 is 6.10 Å². The van der Waals surface area contributed by atoms with E-state index >= 15 is 0 Å². The van der Waals surface area contributed by atoms with E-state index in [0.717, 1.165) is 12.1 Å². The smallest absolute Gasteiger partial charge is 0.0945 e. The van der Waals surface area contributed by atoms with Gasteiger partial charge in [0, 0.05) is 6.04 Å². The summed E-state index contributed by atoms with van der Waals surface area (Å²) in [5, 5.41) is 14.6. The highest BCUT2D eigenvalue weighted by atomic mass is 35.5. The monoisotopic (exact) mass is 275 g/mol. The van der Waals surface area contributed by atoms with Crippen molar-refractivity contribution < 1.29 is 5.11 Å². The molecule has 0 amide bonds. The molecule has 0 heterocycles. The number of aliphatic hydroxyl groups is 1. The first-order valence-corrected chi connectivity index (χ1v) is 6.59. The number of aliphatic hydroxyl groups excluding tert-OH is 1. The maximum Gasteiger partial charge on any atom is 0.0945 e. The van der Waals surface area contributed by atoms with E-state index in [1.165, 1.54) is 0 Å². The van der Waals surface area contributed by atoms with Crippen LogP contribution in [-0.2, 0) is 0 Å². The topological polar surface area (TPSA) is 32.3 Å². The maximum absolute atomic E-state index is 10.3. The van der Waals surface area contributed by atoms with Crippen LogP contribution in [0.1, 0.15) is 32.4 Å². The molecule has 2 nitrogen and oxygen atoms in total. The van der Waals surface area contributed by atoms with Crippen molar-refractivity contribution in [3.8, 4) is 0 Å². The number of rotatable bonds is 5. The van der Waals surface area contributed by atoms with Gasteiger partial charge in [-0.2, -0.15) is 0 Å². The molecule has 1 aromatic rings. The molecule has 0 aliphatic rings. The third-order valence-corrected chi connectivity index (χ3v) is 3.52. The van der Waals surface area contributed by atoms with Crippen LogP contribution in [0.3, 0.4) is 0 Å². The zero-order valence-electron chi connectivity index (χ0n) is 10.4. The highest BCUT2D eigenvalue weighted by Crippen LogP contribution is 2.28. The van der Waals surface area contributed by atoms with Gasteiger partial charge in [0.1, 0.15) is 0 Å². The van der Waals surface area contributed by atoms with Crippen LogP contribution in [0.2, 0.25) is 10.0 Å². The second-order valence-electron chi connectivity index (χ2n) is 4.45. The molecule has 0 bridgehead atoms. The summed E-state index contributed by atoms with van der Waals surface area (Å²) in [5.41, 5.74) is 0.791. The molecule has 1 aromatic carbocycles. The van der Waals surface area contributed by atoms with Gasteiger partial charge in [0.05, 0.1) is 16.1 Å². The summed E-state index contributed by atoms with van der Waals surface area (Å²) in [6, 6.07) is 5.26. The molecular weight excluding hydrogens is 257 g/mol. The van der Waals surface area contributed by atoms with Gasteiger partial charge in [0.15, 0.2) is 0 Å². The molecule has 0 aromatic heterocycles. The Kier molecular flexibility index (Phi) is 5.74. The molecule has 0 radical (unpaired) electrons. The minimum absolute atomic E-state index is 0.0113. The second-order valence-corrected chi connectivity index (χ2v) is 5.26. The van der Waals surface area contributed by atoms with E-state index in [0.29, 0.717) is 16.0 Å². The Balaban J connectivity index is 2.92. The zero-order valence-corrected chi connectivity index (χ0v) is 11.9. The fourth-order valence-electron chi connectivity index (χ4n) is 1.85. The Labute approximate surface area is 113 Å². The van der Waals surface area contributed by atoms with Crippen molar-refractivity contribution in [3.05, 3.63) is 33.8 Å². The van der Waals surface area contributed by atoms with E-state index in [-0.39, 0.29) is 6.04 Å². The van der Waals surface area contributed by atoms with Gasteiger partial charge in [-0.1, -0.05) is 50.0 Å². The van der Waals surface area contributed by atoms with Crippen LogP contribution in [0, 0.1) is 5.92 Å². The van der Waals surface area contributed by atoms with Crippen LogP contribution in [0.5, 0.6) is 0 Å². The third kappa shape index (κ3) is 3.85. The summed E-state index contributed by atoms with van der Waals surface area (Å²) in [4.78, 5) is 0. The second kappa shape index (κ2) is 6.60. The van der Waals surface area contributed by atoms with E-state index in [1.807, 2.05) is 13.0 Å². The Morgan fingerprint density at radius 2 is 1.88 bits per heavy atom. The summed E-state index contributed by atoms with van der Waals surface area (Å²) < 4.78 is 0. The van der Waals surface area contributed by atoms with Gasteiger partial charge in [0.25, 0.3) is 0 Å². The minimum atomic E-state index is -0.579. The van der Waals surface area contributed by atoms with Crippen molar-refractivity contribution in [1.29, 1.82) is 0 Å². The number of hydrogen-bond acceptors (Lipinski definition) is 2. The van der Waals surface area contributed by atoms with Gasteiger partial charge < -0.3 is 10.4 Å². The van der Waals surface area contributed by atoms with Gasteiger partial charge in [-0.05, 0) is 30.2 Å². The normalized spacial score (nSPS) is 15.0. The SMILES string of the molecule is CCNC(C(C)C)C(O)c1ccc(Cl)c(Cl)c1. The highest BCUT2D eigenvalue weighted by molar-refractivity contribution is 6.42. The average Bonchev–Trinajstić information content (AvgIpc) is 2.28. The largest absolute Gasteiger partial charge is 0.387 e. The molecule has 0 saturated heterocycles. The van der Waals surface area contributed by atoms with Crippen LogP contribution in [0.25, 0.3) is 0 Å². The average molecular weight is 276 g/mol. The van der Waals surface area contributed by atoms with Gasteiger partial charge in [-0.3, -0.25) is 0 Å². The fraction of sp³-hybridized carbons (Fsp3) is 0.538. The van der Waals surface area contributed by atoms with Gasteiger partial charge in [-0.15, -0.1) is 0 Å². The molecule has 17 heavy (non-hydrogen) atoms. The quantitative estimate of drug-likeness (QED) is 0.860. The number of hydrogen-bond donors (Lipinski definition) is 2. The lowest BCUT2D eigenvalue weighted by molar-refractivity contribution is 0.106. The van der Waals surface area contributed by atoms with Crippen LogP contribution in [0.15, 0.2) is 18.2 Å². The van der Waals surface area contributed by atoms with Crippen molar-refractivity contribution in [3.63, 3.8) is 0 Å². The maximum atomic E-state index is 10.3. The van der Waals surface area contributed by atoms with Crippen molar-refractivity contribution in [2.24, 2.45) is 5.92 Å². The van der Waals surface area contributed by atoms with Gasteiger partial charge >= 0.3 is 0 Å². The molecule has 0 saturated carbocycles. The predicted molar refractivity (Wildman–Crippen MR) is 73.7 cm³/mol. The summed E-state index contributed by atoms with van der Waals surface area (Å²) >= 11 is 11.8. The number of likely N-dealkylation sites (N-methyl/N-ethyl adjacent to an activating group) is 1. The number of halogens is 2. The Bertz CT molecular complexity index is 368. The third-order valence-electron chi connectivity index (χ3n) is 2.78. The minimum Gasteiger partial charge on any atom is -0.387 e. The first kappa shape index (κ1) is 14.8. The van der Waals surface area contributed by atoms with Crippen LogP contribution < -0.4 is 5.32 Å². The molecule has 1 rings (SSSR count). The molecular formula is C13H19Cl2NO. The Morgan fingerprint density at radius 3 is 2.35 bits per heavy atom. The summed E-state index contributed by atoms with van der Waals surface area (Å²) in [5.74, 6) is 0.333. The standard InChI is InChI=1S/C13H19Cl2NO/c1-4-16-12(8(2)3)13(17)9-5-6-10(14)11(15)7-9/h5-8,12-13,16-17H,4H2,1-3H3. The molecule has 2 atom stereocenters. The summed E-state index contributed by atoms with van der Waals surface area (Å²) in [6.45, 7) is 7.00. The molecule has 0 spiro atoms. The van der Waals surface area contributed by atoms with Crippen molar-refractivity contribution in [2.45, 2.75) is 32.9 Å². The van der Waals surface area contributed by atoms with E-state index in [1.54, 1.807) is 12.1 Å². The molecule has 0 fully saturated rings. The molecule has 96 valence electrons. The fourth-order valence-corrected chi connectivity index (χ4v) is 2.16. The zero-order chi connectivity index (χ0) is 13.0. The van der Waals surface area contributed by atoms with Crippen molar-refractivity contribution in [1.82, 2.24) is 5.32 Å². The van der Waals surface area contributed by atoms with E-state index in [4.69, 9.17) is 23.2 Å². The lowest BCUT2D eigenvalue weighted by atomic mass is 9.93. The molecule has 0 aliphatic heterocycles. The number of nitrogens with one attached hydrogen (secondary N) is 1. The number of benzene rings is 1. The predicted octanol–water partition coefficient (Wildman–Crippen LogP) is 3.66. The molecule has 2 N–H and O–H groups in total. The molecule has 4 heteroatoms. The van der Waals surface area contributed by atoms with E-state index in [9.17, 15) is 5.11 Å². The van der Waals surface area contributed by atoms with Crippen molar-refractivity contribution >= 4 is 23.2 Å². The summed E-state index contributed by atoms with van der Waals surface area (Å²) in [7, 11) is 0. The van der Waals surface area contributed by atoms with E-state index in [2.05, 4.69) is 19.2 Å². The lowest BCUT2D eigenvalue weighted by Crippen LogP contribution is -2.39. The van der Waals surface area contributed by atoms with Crippen LogP contribution >= 0.6 is 23.2 Å². The molecule has 0 aliphatic carbocycles. The Hall–Kier alpha value is -0.280. The van der Waals surface area contributed by atoms with Crippen LogP contribution in [-0.4, -0.2) is 17.7 Å². The highest BCUT2D eigenvalue weighted by Gasteiger charge is 2.23. The van der Waals surface area contributed by atoms with Crippen LogP contribution in [0.4, 0.5) is 0 Å². The molecule has 2 unspecified atom stereocenters.